The first-order valence-corrected chi connectivity index (χ1v) is 6.41. The molecule has 16 heavy (non-hydrogen) atoms. The molecule has 1 aliphatic carbocycles. The van der Waals surface area contributed by atoms with E-state index in [-0.39, 0.29) is 5.54 Å². The van der Waals surface area contributed by atoms with Gasteiger partial charge in [-0.1, -0.05) is 26.2 Å². The van der Waals surface area contributed by atoms with Crippen LogP contribution >= 0.6 is 0 Å². The van der Waals surface area contributed by atoms with Crippen LogP contribution in [0.25, 0.3) is 0 Å². The van der Waals surface area contributed by atoms with Crippen molar-refractivity contribution in [2.75, 3.05) is 0 Å². The van der Waals surface area contributed by atoms with Gasteiger partial charge >= 0.3 is 0 Å². The van der Waals surface area contributed by atoms with Crippen molar-refractivity contribution in [3.05, 3.63) is 18.2 Å². The van der Waals surface area contributed by atoms with Gasteiger partial charge in [0.25, 0.3) is 0 Å². The Morgan fingerprint density at radius 2 is 2.38 bits per heavy atom. The third-order valence-electron chi connectivity index (χ3n) is 4.16. The summed E-state index contributed by atoms with van der Waals surface area (Å²) in [5, 5.41) is 0. The fraction of sp³-hybridized carbons (Fsp3) is 0.769. The third kappa shape index (κ3) is 2.14. The highest BCUT2D eigenvalue weighted by Crippen LogP contribution is 2.36. The summed E-state index contributed by atoms with van der Waals surface area (Å²) in [5.74, 6) is 1.79. The number of rotatable bonds is 3. The lowest BCUT2D eigenvalue weighted by atomic mass is 9.70. The van der Waals surface area contributed by atoms with Gasteiger partial charge in [-0.15, -0.1) is 0 Å². The van der Waals surface area contributed by atoms with Gasteiger partial charge < -0.3 is 10.3 Å². The number of nitrogens with two attached hydrogens (primary N) is 1. The molecule has 1 heterocycles. The number of aryl methyl sites for hydroxylation is 1. The zero-order chi connectivity index (χ0) is 11.6. The van der Waals surface area contributed by atoms with Gasteiger partial charge in [0.2, 0.25) is 0 Å². The van der Waals surface area contributed by atoms with Gasteiger partial charge in [-0.25, -0.2) is 4.98 Å². The predicted molar refractivity (Wildman–Crippen MR) is 66.1 cm³/mol. The first-order valence-electron chi connectivity index (χ1n) is 6.41. The van der Waals surface area contributed by atoms with Crippen LogP contribution in [0.1, 0.15) is 44.9 Å². The maximum atomic E-state index is 6.62. The van der Waals surface area contributed by atoms with Crippen molar-refractivity contribution in [3.63, 3.8) is 0 Å². The smallest absolute Gasteiger partial charge is 0.110 e. The van der Waals surface area contributed by atoms with Crippen molar-refractivity contribution in [2.45, 2.75) is 51.0 Å². The monoisotopic (exact) mass is 221 g/mol. The van der Waals surface area contributed by atoms with E-state index in [0.29, 0.717) is 5.92 Å². The van der Waals surface area contributed by atoms with E-state index in [4.69, 9.17) is 5.73 Å². The molecule has 1 fully saturated rings. The van der Waals surface area contributed by atoms with Crippen molar-refractivity contribution in [2.24, 2.45) is 18.7 Å². The Labute approximate surface area is 98.1 Å². The molecule has 0 spiro atoms. The van der Waals surface area contributed by atoms with Crippen molar-refractivity contribution < 1.29 is 0 Å². The predicted octanol–water partition coefficient (Wildman–Crippen LogP) is 2.26. The van der Waals surface area contributed by atoms with Crippen molar-refractivity contribution >= 4 is 0 Å². The molecule has 1 aromatic heterocycles. The zero-order valence-electron chi connectivity index (χ0n) is 10.4. The number of hydrogen-bond donors (Lipinski definition) is 1. The van der Waals surface area contributed by atoms with Crippen LogP contribution in [0.3, 0.4) is 0 Å². The lowest BCUT2D eigenvalue weighted by Gasteiger charge is -2.41. The molecule has 3 nitrogen and oxygen atoms in total. The molecule has 0 saturated heterocycles. The highest BCUT2D eigenvalue weighted by atomic mass is 15.0. The molecule has 90 valence electrons. The van der Waals surface area contributed by atoms with Gasteiger partial charge in [0.15, 0.2) is 0 Å². The average molecular weight is 221 g/mol. The largest absolute Gasteiger partial charge is 0.338 e. The third-order valence-corrected chi connectivity index (χ3v) is 4.16. The molecule has 1 saturated carbocycles. The molecular weight excluding hydrogens is 198 g/mol. The lowest BCUT2D eigenvalue weighted by Crippen LogP contribution is -2.51. The fourth-order valence-electron chi connectivity index (χ4n) is 3.04. The van der Waals surface area contributed by atoms with Crippen molar-refractivity contribution in [1.29, 1.82) is 0 Å². The van der Waals surface area contributed by atoms with Crippen LogP contribution < -0.4 is 5.73 Å². The highest BCUT2D eigenvalue weighted by Gasteiger charge is 2.36. The van der Waals surface area contributed by atoms with E-state index in [1.54, 1.807) is 0 Å². The summed E-state index contributed by atoms with van der Waals surface area (Å²) in [6, 6.07) is 0. The molecule has 0 bridgehead atoms. The minimum atomic E-state index is -0.0217. The van der Waals surface area contributed by atoms with Crippen molar-refractivity contribution in [1.82, 2.24) is 9.55 Å². The zero-order valence-corrected chi connectivity index (χ0v) is 10.4. The van der Waals surface area contributed by atoms with E-state index >= 15 is 0 Å². The second-order valence-electron chi connectivity index (χ2n) is 5.22. The Morgan fingerprint density at radius 3 is 3.00 bits per heavy atom. The van der Waals surface area contributed by atoms with Crippen LogP contribution in [0, 0.1) is 5.92 Å². The minimum Gasteiger partial charge on any atom is -0.338 e. The SMILES string of the molecule is CCC1CCCCC1(N)Cc1nccn1C. The Bertz CT molecular complexity index is 345. The van der Waals surface area contributed by atoms with Crippen LogP contribution in [0.5, 0.6) is 0 Å². The molecule has 1 aliphatic rings. The lowest BCUT2D eigenvalue weighted by molar-refractivity contribution is 0.178. The maximum absolute atomic E-state index is 6.62. The second kappa shape index (κ2) is 4.58. The Hall–Kier alpha value is -0.830. The number of imidazole rings is 1. The quantitative estimate of drug-likeness (QED) is 0.851. The Morgan fingerprint density at radius 1 is 1.56 bits per heavy atom. The molecule has 2 unspecified atom stereocenters. The summed E-state index contributed by atoms with van der Waals surface area (Å²) >= 11 is 0. The first-order chi connectivity index (χ1) is 7.65. The number of hydrogen-bond acceptors (Lipinski definition) is 2. The standard InChI is InChI=1S/C13H23N3/c1-3-11-6-4-5-7-13(11,14)10-12-15-8-9-16(12)2/h8-9,11H,3-7,10,14H2,1-2H3. The molecule has 2 rings (SSSR count). The summed E-state index contributed by atoms with van der Waals surface area (Å²) in [6.07, 6.45) is 11.0. The van der Waals surface area contributed by atoms with Crippen LogP contribution in [0.15, 0.2) is 12.4 Å². The van der Waals surface area contributed by atoms with Crippen LogP contribution in [-0.4, -0.2) is 15.1 Å². The van der Waals surface area contributed by atoms with E-state index in [0.717, 1.165) is 18.7 Å². The van der Waals surface area contributed by atoms with Gasteiger partial charge in [0.05, 0.1) is 0 Å². The molecule has 3 heteroatoms. The van der Waals surface area contributed by atoms with Gasteiger partial charge in [0.1, 0.15) is 5.82 Å². The van der Waals surface area contributed by atoms with E-state index in [1.807, 2.05) is 12.4 Å². The molecule has 0 amide bonds. The van der Waals surface area contributed by atoms with Gasteiger partial charge in [0, 0.05) is 31.4 Å². The molecule has 2 N–H and O–H groups in total. The van der Waals surface area contributed by atoms with Crippen LogP contribution in [0.4, 0.5) is 0 Å². The highest BCUT2D eigenvalue weighted by molar-refractivity contribution is 5.04. The fourth-order valence-corrected chi connectivity index (χ4v) is 3.04. The van der Waals surface area contributed by atoms with Crippen LogP contribution in [0.2, 0.25) is 0 Å². The maximum Gasteiger partial charge on any atom is 0.110 e. The molecule has 1 aromatic rings. The van der Waals surface area contributed by atoms with Gasteiger partial charge in [-0.05, 0) is 18.8 Å². The summed E-state index contributed by atoms with van der Waals surface area (Å²) < 4.78 is 2.09. The molecule has 0 aromatic carbocycles. The summed E-state index contributed by atoms with van der Waals surface area (Å²) in [7, 11) is 2.05. The normalized spacial score (nSPS) is 30.6. The van der Waals surface area contributed by atoms with Crippen LogP contribution in [-0.2, 0) is 13.5 Å². The Kier molecular flexibility index (Phi) is 3.33. The van der Waals surface area contributed by atoms with Gasteiger partial charge in [-0.2, -0.15) is 0 Å². The van der Waals surface area contributed by atoms with Gasteiger partial charge in [-0.3, -0.25) is 0 Å². The summed E-state index contributed by atoms with van der Waals surface area (Å²) in [5.41, 5.74) is 6.60. The molecule has 2 atom stereocenters. The van der Waals surface area contributed by atoms with E-state index in [9.17, 15) is 0 Å². The summed E-state index contributed by atoms with van der Waals surface area (Å²) in [4.78, 5) is 4.41. The molecule has 0 radical (unpaired) electrons. The number of nitrogens with zero attached hydrogens (tertiary/aromatic N) is 2. The average Bonchev–Trinajstić information content (AvgIpc) is 2.64. The number of aromatic nitrogens is 2. The Balaban J connectivity index is 2.14. The van der Waals surface area contributed by atoms with E-state index in [1.165, 1.54) is 25.7 Å². The molecular formula is C13H23N3. The van der Waals surface area contributed by atoms with E-state index < -0.39 is 0 Å². The topological polar surface area (TPSA) is 43.8 Å². The van der Waals surface area contributed by atoms with E-state index in [2.05, 4.69) is 23.5 Å². The molecule has 0 aliphatic heterocycles. The van der Waals surface area contributed by atoms with Crippen molar-refractivity contribution in [3.8, 4) is 0 Å². The summed E-state index contributed by atoms with van der Waals surface area (Å²) in [6.45, 7) is 2.26. The second-order valence-corrected chi connectivity index (χ2v) is 5.22. The first kappa shape index (κ1) is 11.6. The minimum absolute atomic E-state index is 0.0217.